The molecule has 1 aromatic rings. The van der Waals surface area contributed by atoms with Crippen LogP contribution in [0.5, 0.6) is 0 Å². The monoisotopic (exact) mass is 193 g/mol. The third kappa shape index (κ3) is 2.77. The Labute approximate surface area is 86.0 Å². The predicted molar refractivity (Wildman–Crippen MR) is 57.9 cm³/mol. The second kappa shape index (κ2) is 5.70. The Bertz CT molecular complexity index is 248. The summed E-state index contributed by atoms with van der Waals surface area (Å²) in [6.07, 6.45) is 7.72. The van der Waals surface area contributed by atoms with Crippen LogP contribution in [0.1, 0.15) is 38.4 Å². The molecule has 1 N–H and O–H groups in total. The van der Waals surface area contributed by atoms with E-state index in [0.717, 1.165) is 5.69 Å². The van der Waals surface area contributed by atoms with Crippen molar-refractivity contribution in [1.29, 1.82) is 0 Å². The Kier molecular flexibility index (Phi) is 4.53. The molecular formula is C11H19N3. The number of rotatable bonds is 5. The highest BCUT2D eigenvalue weighted by atomic mass is 14.9. The number of nitrogens with one attached hydrogen (secondary N) is 1. The zero-order valence-electron chi connectivity index (χ0n) is 9.20. The van der Waals surface area contributed by atoms with Crippen LogP contribution in [-0.4, -0.2) is 17.0 Å². The van der Waals surface area contributed by atoms with E-state index >= 15 is 0 Å². The fourth-order valence-electron chi connectivity index (χ4n) is 1.82. The van der Waals surface area contributed by atoms with E-state index in [9.17, 15) is 0 Å². The molecule has 1 rings (SSSR count). The van der Waals surface area contributed by atoms with Crippen molar-refractivity contribution in [1.82, 2.24) is 15.3 Å². The highest BCUT2D eigenvalue weighted by Gasteiger charge is 2.17. The molecule has 0 aliphatic carbocycles. The minimum atomic E-state index is 0.323. The lowest BCUT2D eigenvalue weighted by molar-refractivity contribution is 0.376. The van der Waals surface area contributed by atoms with Crippen molar-refractivity contribution in [2.45, 2.75) is 32.7 Å². The molecule has 0 saturated carbocycles. The van der Waals surface area contributed by atoms with Gasteiger partial charge < -0.3 is 5.32 Å². The first kappa shape index (κ1) is 11.1. The van der Waals surface area contributed by atoms with Crippen LogP contribution in [0, 0.1) is 5.92 Å². The smallest absolute Gasteiger partial charge is 0.0758 e. The Morgan fingerprint density at radius 1 is 1.43 bits per heavy atom. The van der Waals surface area contributed by atoms with Gasteiger partial charge >= 0.3 is 0 Å². The molecule has 2 unspecified atom stereocenters. The van der Waals surface area contributed by atoms with E-state index in [-0.39, 0.29) is 0 Å². The van der Waals surface area contributed by atoms with Crippen molar-refractivity contribution in [3.05, 3.63) is 24.3 Å². The molecule has 0 aliphatic rings. The first-order valence-corrected chi connectivity index (χ1v) is 5.22. The van der Waals surface area contributed by atoms with Crippen molar-refractivity contribution >= 4 is 0 Å². The van der Waals surface area contributed by atoms with Gasteiger partial charge in [0.25, 0.3) is 0 Å². The normalized spacial score (nSPS) is 15.1. The number of hydrogen-bond acceptors (Lipinski definition) is 3. The summed E-state index contributed by atoms with van der Waals surface area (Å²) in [4.78, 5) is 8.42. The molecular weight excluding hydrogens is 174 g/mol. The molecule has 2 atom stereocenters. The summed E-state index contributed by atoms with van der Waals surface area (Å²) < 4.78 is 0. The molecule has 3 heteroatoms. The van der Waals surface area contributed by atoms with Gasteiger partial charge in [0.15, 0.2) is 0 Å². The van der Waals surface area contributed by atoms with E-state index in [2.05, 4.69) is 29.1 Å². The summed E-state index contributed by atoms with van der Waals surface area (Å²) in [7, 11) is 1.98. The maximum absolute atomic E-state index is 4.33. The first-order chi connectivity index (χ1) is 6.79. The number of aromatic nitrogens is 2. The predicted octanol–water partition coefficient (Wildman–Crippen LogP) is 2.17. The summed E-state index contributed by atoms with van der Waals surface area (Å²) in [5, 5.41) is 3.30. The standard InChI is InChI=1S/C11H19N3/c1-4-5-9(2)11(12-3)10-8-13-6-7-14-10/h6-9,11-12H,4-5H2,1-3H3. The van der Waals surface area contributed by atoms with Gasteiger partial charge in [-0.1, -0.05) is 20.3 Å². The van der Waals surface area contributed by atoms with Crippen molar-refractivity contribution in [3.8, 4) is 0 Å². The van der Waals surface area contributed by atoms with E-state index in [1.165, 1.54) is 12.8 Å². The molecule has 3 nitrogen and oxygen atoms in total. The van der Waals surface area contributed by atoms with E-state index in [1.54, 1.807) is 12.4 Å². The molecule has 1 heterocycles. The summed E-state index contributed by atoms with van der Waals surface area (Å²) in [6, 6.07) is 0.323. The van der Waals surface area contributed by atoms with Crippen LogP contribution in [0.4, 0.5) is 0 Å². The molecule has 0 aliphatic heterocycles. The highest BCUT2D eigenvalue weighted by Crippen LogP contribution is 2.22. The van der Waals surface area contributed by atoms with Gasteiger partial charge in [-0.05, 0) is 19.4 Å². The van der Waals surface area contributed by atoms with Crippen LogP contribution in [0.2, 0.25) is 0 Å². The van der Waals surface area contributed by atoms with E-state index < -0.39 is 0 Å². The molecule has 0 amide bonds. The SMILES string of the molecule is CCCC(C)C(NC)c1cnccn1. The Balaban J connectivity index is 2.71. The lowest BCUT2D eigenvalue weighted by Gasteiger charge is -2.22. The fraction of sp³-hybridized carbons (Fsp3) is 0.636. The second-order valence-electron chi connectivity index (χ2n) is 3.66. The second-order valence-corrected chi connectivity index (χ2v) is 3.66. The van der Waals surface area contributed by atoms with Crippen LogP contribution in [-0.2, 0) is 0 Å². The van der Waals surface area contributed by atoms with E-state index in [1.807, 2.05) is 13.2 Å². The van der Waals surface area contributed by atoms with Crippen LogP contribution in [0.25, 0.3) is 0 Å². The van der Waals surface area contributed by atoms with Gasteiger partial charge in [-0.15, -0.1) is 0 Å². The molecule has 0 fully saturated rings. The summed E-state index contributed by atoms with van der Waals surface area (Å²) in [5.41, 5.74) is 1.04. The van der Waals surface area contributed by atoms with Gasteiger partial charge in [0.1, 0.15) is 0 Å². The average molecular weight is 193 g/mol. The molecule has 0 spiro atoms. The minimum absolute atomic E-state index is 0.323. The zero-order valence-corrected chi connectivity index (χ0v) is 9.20. The van der Waals surface area contributed by atoms with Gasteiger partial charge in [0.05, 0.1) is 11.7 Å². The van der Waals surface area contributed by atoms with Gasteiger partial charge in [0, 0.05) is 18.6 Å². The third-order valence-corrected chi connectivity index (χ3v) is 2.53. The average Bonchev–Trinajstić information content (AvgIpc) is 2.21. The number of hydrogen-bond donors (Lipinski definition) is 1. The molecule has 0 radical (unpaired) electrons. The van der Waals surface area contributed by atoms with Crippen molar-refractivity contribution < 1.29 is 0 Å². The van der Waals surface area contributed by atoms with Gasteiger partial charge in [0.2, 0.25) is 0 Å². The fourth-order valence-corrected chi connectivity index (χ4v) is 1.82. The van der Waals surface area contributed by atoms with Gasteiger partial charge in [-0.3, -0.25) is 9.97 Å². The maximum Gasteiger partial charge on any atom is 0.0758 e. The molecule has 0 bridgehead atoms. The van der Waals surface area contributed by atoms with E-state index in [4.69, 9.17) is 0 Å². The van der Waals surface area contributed by atoms with Crippen LogP contribution < -0.4 is 5.32 Å². The molecule has 0 saturated heterocycles. The zero-order chi connectivity index (χ0) is 10.4. The summed E-state index contributed by atoms with van der Waals surface area (Å²) in [6.45, 7) is 4.46. The number of nitrogens with zero attached hydrogens (tertiary/aromatic N) is 2. The maximum atomic E-state index is 4.33. The topological polar surface area (TPSA) is 37.8 Å². The van der Waals surface area contributed by atoms with Crippen LogP contribution in [0.3, 0.4) is 0 Å². The minimum Gasteiger partial charge on any atom is -0.311 e. The third-order valence-electron chi connectivity index (χ3n) is 2.53. The Hall–Kier alpha value is -0.960. The summed E-state index contributed by atoms with van der Waals surface area (Å²) >= 11 is 0. The lowest BCUT2D eigenvalue weighted by Crippen LogP contribution is -2.24. The molecule has 0 aromatic carbocycles. The quantitative estimate of drug-likeness (QED) is 0.778. The highest BCUT2D eigenvalue weighted by molar-refractivity contribution is 5.03. The summed E-state index contributed by atoms with van der Waals surface area (Å²) in [5.74, 6) is 0.599. The van der Waals surface area contributed by atoms with Gasteiger partial charge in [-0.25, -0.2) is 0 Å². The largest absolute Gasteiger partial charge is 0.311 e. The van der Waals surface area contributed by atoms with Crippen molar-refractivity contribution in [3.63, 3.8) is 0 Å². The molecule has 78 valence electrons. The first-order valence-electron chi connectivity index (χ1n) is 5.22. The van der Waals surface area contributed by atoms with Crippen molar-refractivity contribution in [2.24, 2.45) is 5.92 Å². The van der Waals surface area contributed by atoms with Gasteiger partial charge in [-0.2, -0.15) is 0 Å². The van der Waals surface area contributed by atoms with E-state index in [0.29, 0.717) is 12.0 Å². The Morgan fingerprint density at radius 2 is 2.21 bits per heavy atom. The Morgan fingerprint density at radius 3 is 2.71 bits per heavy atom. The van der Waals surface area contributed by atoms with Crippen molar-refractivity contribution in [2.75, 3.05) is 7.05 Å². The van der Waals surface area contributed by atoms with Crippen LogP contribution >= 0.6 is 0 Å². The molecule has 1 aromatic heterocycles. The van der Waals surface area contributed by atoms with Crippen LogP contribution in [0.15, 0.2) is 18.6 Å². The molecule has 14 heavy (non-hydrogen) atoms. The lowest BCUT2D eigenvalue weighted by atomic mass is 9.95.